The molecule has 30 heavy (non-hydrogen) atoms. The normalized spacial score (nSPS) is 18.8. The van der Waals surface area contributed by atoms with Crippen molar-refractivity contribution in [3.05, 3.63) is 42.6 Å². The van der Waals surface area contributed by atoms with Crippen LogP contribution in [0.15, 0.2) is 42.6 Å². The summed E-state index contributed by atoms with van der Waals surface area (Å²) in [4.78, 5) is 7.53. The smallest absolute Gasteiger partial charge is 0.186 e. The number of thiazole rings is 1. The van der Waals surface area contributed by atoms with E-state index in [1.807, 2.05) is 6.20 Å². The summed E-state index contributed by atoms with van der Waals surface area (Å²) in [6.07, 6.45) is 4.08. The van der Waals surface area contributed by atoms with Gasteiger partial charge in [0.15, 0.2) is 5.13 Å². The molecule has 6 heteroatoms. The minimum absolute atomic E-state index is 0.114. The Morgan fingerprint density at radius 1 is 1.07 bits per heavy atom. The highest BCUT2D eigenvalue weighted by Crippen LogP contribution is 2.39. The van der Waals surface area contributed by atoms with Crippen LogP contribution in [0.25, 0.3) is 32.2 Å². The van der Waals surface area contributed by atoms with E-state index in [1.165, 1.54) is 15.8 Å². The molecule has 5 nitrogen and oxygen atoms in total. The molecule has 1 aliphatic heterocycles. The number of para-hydroxylation sites is 1. The van der Waals surface area contributed by atoms with Gasteiger partial charge in [0, 0.05) is 35.1 Å². The Bertz CT molecular complexity index is 1200. The lowest BCUT2D eigenvalue weighted by Gasteiger charge is -2.48. The fraction of sp³-hybridized carbons (Fsp3) is 0.417. The lowest BCUT2D eigenvalue weighted by Crippen LogP contribution is -2.61. The summed E-state index contributed by atoms with van der Waals surface area (Å²) in [5.41, 5.74) is 4.72. The number of piperidine rings is 1. The summed E-state index contributed by atoms with van der Waals surface area (Å²) < 4.78 is 1.23. The summed E-state index contributed by atoms with van der Waals surface area (Å²) in [5, 5.41) is 13.2. The zero-order valence-corrected chi connectivity index (χ0v) is 19.1. The third-order valence-electron chi connectivity index (χ3n) is 6.18. The number of H-pyrrole nitrogens is 1. The number of rotatable bonds is 3. The molecule has 0 unspecified atom stereocenters. The number of hydrogen-bond donors (Lipinski definition) is 2. The average molecular weight is 420 g/mol. The molecule has 2 aromatic heterocycles. The molecular weight excluding hydrogens is 390 g/mol. The minimum atomic E-state index is 0.114. The number of aromatic amines is 1. The maximum absolute atomic E-state index is 5.13. The molecule has 5 rings (SSSR count). The van der Waals surface area contributed by atoms with E-state index in [0.29, 0.717) is 6.04 Å². The predicted molar refractivity (Wildman–Crippen MR) is 127 cm³/mol. The third-order valence-corrected chi connectivity index (χ3v) is 7.29. The first kappa shape index (κ1) is 19.5. The molecule has 0 spiro atoms. The Labute approximate surface area is 181 Å². The number of fused-ring (bicyclic) bond motifs is 2. The van der Waals surface area contributed by atoms with Crippen molar-refractivity contribution >= 4 is 37.6 Å². The monoisotopic (exact) mass is 419 g/mol. The standard InChI is InChI=1S/C24H29N5S/c1-23(2)12-17(13-24(3,4)28-23)29(5)22-26-21-18(7-6-8-20(21)30-22)15-9-10-19-16(11-15)14-25-27-19/h6-11,14,17,28H,12-13H2,1-5H3,(H,25,27). The largest absolute Gasteiger partial charge is 0.348 e. The van der Waals surface area contributed by atoms with Crippen LogP contribution in [-0.4, -0.2) is 39.3 Å². The van der Waals surface area contributed by atoms with Crippen LogP contribution in [0, 0.1) is 0 Å². The Hall–Kier alpha value is -2.44. The zero-order valence-electron chi connectivity index (χ0n) is 18.3. The molecule has 156 valence electrons. The molecule has 0 aliphatic carbocycles. The van der Waals surface area contributed by atoms with E-state index in [2.05, 4.69) is 91.6 Å². The van der Waals surface area contributed by atoms with Crippen molar-refractivity contribution in [3.63, 3.8) is 0 Å². The fourth-order valence-corrected chi connectivity index (χ4v) is 6.15. The zero-order chi connectivity index (χ0) is 21.1. The number of benzene rings is 2. The maximum atomic E-state index is 5.13. The molecule has 3 heterocycles. The molecule has 0 radical (unpaired) electrons. The third kappa shape index (κ3) is 3.48. The molecule has 2 aromatic carbocycles. The molecule has 0 amide bonds. The van der Waals surface area contributed by atoms with Crippen LogP contribution in [0.3, 0.4) is 0 Å². The Balaban J connectivity index is 1.53. The second-order valence-corrected chi connectivity index (χ2v) is 10.9. The molecule has 1 aliphatic rings. The van der Waals surface area contributed by atoms with Crippen molar-refractivity contribution in [1.82, 2.24) is 20.5 Å². The number of aromatic nitrogens is 3. The second kappa shape index (κ2) is 6.79. The van der Waals surface area contributed by atoms with Gasteiger partial charge in [-0.15, -0.1) is 0 Å². The molecule has 1 saturated heterocycles. The number of anilines is 1. The molecular formula is C24H29N5S. The van der Waals surface area contributed by atoms with Crippen LogP contribution < -0.4 is 10.2 Å². The molecule has 1 fully saturated rings. The first-order valence-electron chi connectivity index (χ1n) is 10.6. The van der Waals surface area contributed by atoms with Crippen LogP contribution in [0.2, 0.25) is 0 Å². The second-order valence-electron chi connectivity index (χ2n) is 9.89. The first-order valence-corrected chi connectivity index (χ1v) is 11.4. The van der Waals surface area contributed by atoms with Gasteiger partial charge in [-0.25, -0.2) is 4.98 Å². The number of hydrogen-bond acceptors (Lipinski definition) is 5. The number of nitrogens with zero attached hydrogens (tertiary/aromatic N) is 3. The van der Waals surface area contributed by atoms with Crippen LogP contribution in [0.4, 0.5) is 5.13 Å². The van der Waals surface area contributed by atoms with Gasteiger partial charge in [0.25, 0.3) is 0 Å². The van der Waals surface area contributed by atoms with E-state index in [9.17, 15) is 0 Å². The predicted octanol–water partition coefficient (Wildman–Crippen LogP) is 5.59. The first-order chi connectivity index (χ1) is 14.2. The Morgan fingerprint density at radius 2 is 1.83 bits per heavy atom. The van der Waals surface area contributed by atoms with Crippen LogP contribution in [0.5, 0.6) is 0 Å². The van der Waals surface area contributed by atoms with Gasteiger partial charge < -0.3 is 10.2 Å². The topological polar surface area (TPSA) is 56.8 Å². The van der Waals surface area contributed by atoms with Gasteiger partial charge in [-0.3, -0.25) is 5.10 Å². The van der Waals surface area contributed by atoms with Gasteiger partial charge in [-0.05, 0) is 64.3 Å². The van der Waals surface area contributed by atoms with E-state index in [0.717, 1.165) is 34.4 Å². The highest BCUT2D eigenvalue weighted by molar-refractivity contribution is 7.22. The van der Waals surface area contributed by atoms with Crippen molar-refractivity contribution in [2.24, 2.45) is 0 Å². The van der Waals surface area contributed by atoms with E-state index >= 15 is 0 Å². The lowest BCUT2D eigenvalue weighted by molar-refractivity contribution is 0.161. The van der Waals surface area contributed by atoms with E-state index in [1.54, 1.807) is 11.3 Å². The summed E-state index contributed by atoms with van der Waals surface area (Å²) in [5.74, 6) is 0. The maximum Gasteiger partial charge on any atom is 0.186 e. The van der Waals surface area contributed by atoms with Crippen molar-refractivity contribution in [1.29, 1.82) is 0 Å². The van der Waals surface area contributed by atoms with Gasteiger partial charge >= 0.3 is 0 Å². The molecule has 4 aromatic rings. The Kier molecular flexibility index (Phi) is 4.42. The molecule has 2 N–H and O–H groups in total. The summed E-state index contributed by atoms with van der Waals surface area (Å²) in [6, 6.07) is 13.4. The van der Waals surface area contributed by atoms with Crippen LogP contribution in [-0.2, 0) is 0 Å². The summed E-state index contributed by atoms with van der Waals surface area (Å²) >= 11 is 1.79. The van der Waals surface area contributed by atoms with Gasteiger partial charge in [-0.1, -0.05) is 29.5 Å². The fourth-order valence-electron chi connectivity index (χ4n) is 5.13. The minimum Gasteiger partial charge on any atom is -0.348 e. The average Bonchev–Trinajstić information content (AvgIpc) is 3.30. The van der Waals surface area contributed by atoms with Crippen molar-refractivity contribution in [3.8, 4) is 11.1 Å². The van der Waals surface area contributed by atoms with Gasteiger partial charge in [0.1, 0.15) is 0 Å². The van der Waals surface area contributed by atoms with E-state index in [-0.39, 0.29) is 11.1 Å². The van der Waals surface area contributed by atoms with Gasteiger partial charge in [-0.2, -0.15) is 5.10 Å². The van der Waals surface area contributed by atoms with E-state index in [4.69, 9.17) is 4.98 Å². The number of nitrogens with one attached hydrogen (secondary N) is 2. The van der Waals surface area contributed by atoms with Crippen LogP contribution in [0.1, 0.15) is 40.5 Å². The van der Waals surface area contributed by atoms with Gasteiger partial charge in [0.05, 0.1) is 21.9 Å². The van der Waals surface area contributed by atoms with E-state index < -0.39 is 0 Å². The summed E-state index contributed by atoms with van der Waals surface area (Å²) in [6.45, 7) is 9.21. The lowest BCUT2D eigenvalue weighted by atomic mass is 9.79. The van der Waals surface area contributed by atoms with Crippen LogP contribution >= 0.6 is 11.3 Å². The van der Waals surface area contributed by atoms with Gasteiger partial charge in [0.2, 0.25) is 0 Å². The SMILES string of the molecule is CN(c1nc2c(-c3ccc4[nH]ncc4c3)cccc2s1)C1CC(C)(C)NC(C)(C)C1. The highest BCUT2D eigenvalue weighted by atomic mass is 32.1. The molecule has 0 atom stereocenters. The van der Waals surface area contributed by atoms with Crippen molar-refractivity contribution in [2.75, 3.05) is 11.9 Å². The van der Waals surface area contributed by atoms with Crippen molar-refractivity contribution in [2.45, 2.75) is 57.7 Å². The highest BCUT2D eigenvalue weighted by Gasteiger charge is 2.39. The molecule has 0 saturated carbocycles. The quantitative estimate of drug-likeness (QED) is 0.455. The molecule has 0 bridgehead atoms. The summed E-state index contributed by atoms with van der Waals surface area (Å²) in [7, 11) is 2.21. The Morgan fingerprint density at radius 3 is 2.60 bits per heavy atom. The van der Waals surface area contributed by atoms with Crippen molar-refractivity contribution < 1.29 is 0 Å².